The van der Waals surface area contributed by atoms with E-state index in [1.807, 2.05) is 11.0 Å². The number of nitrogens with zero attached hydrogens (tertiary/aromatic N) is 1. The Morgan fingerprint density at radius 1 is 1.17 bits per heavy atom. The minimum Gasteiger partial charge on any atom is -0.327 e. The van der Waals surface area contributed by atoms with E-state index >= 15 is 0 Å². The molecule has 122 valence electrons. The van der Waals surface area contributed by atoms with Crippen molar-refractivity contribution in [2.24, 2.45) is 0 Å². The van der Waals surface area contributed by atoms with Crippen LogP contribution in [0.2, 0.25) is 0 Å². The lowest BCUT2D eigenvalue weighted by Gasteiger charge is -2.34. The number of hydrogen-bond donors (Lipinski definition) is 0. The van der Waals surface area contributed by atoms with Gasteiger partial charge in [-0.15, -0.1) is 34.0 Å². The van der Waals surface area contributed by atoms with E-state index in [9.17, 15) is 4.79 Å². The van der Waals surface area contributed by atoms with Crippen molar-refractivity contribution in [3.8, 4) is 0 Å². The van der Waals surface area contributed by atoms with Crippen molar-refractivity contribution in [1.82, 2.24) is 4.90 Å². The first-order valence-corrected chi connectivity index (χ1v) is 10.5. The van der Waals surface area contributed by atoms with Crippen LogP contribution >= 0.6 is 34.0 Å². The molecule has 1 aliphatic heterocycles. The van der Waals surface area contributed by atoms with Gasteiger partial charge in [0.15, 0.2) is 0 Å². The summed E-state index contributed by atoms with van der Waals surface area (Å²) in [6.45, 7) is 2.86. The number of aryl methyl sites for hydroxylation is 1. The maximum atomic E-state index is 12.9. The SMILES string of the molecule is Cc1ccsc1/C=C/C(=O)N1CCc2sccc2[C@H]1c1cccs1. The maximum absolute atomic E-state index is 12.9. The molecular weight excluding hydrogens is 354 g/mol. The third kappa shape index (κ3) is 2.88. The summed E-state index contributed by atoms with van der Waals surface area (Å²) in [7, 11) is 0. The minimum atomic E-state index is 0.0570. The molecule has 3 aromatic rings. The highest BCUT2D eigenvalue weighted by molar-refractivity contribution is 7.11. The zero-order valence-electron chi connectivity index (χ0n) is 13.3. The Labute approximate surface area is 153 Å². The summed E-state index contributed by atoms with van der Waals surface area (Å²) in [5.41, 5.74) is 2.51. The largest absolute Gasteiger partial charge is 0.327 e. The molecule has 24 heavy (non-hydrogen) atoms. The second-order valence-electron chi connectivity index (χ2n) is 5.80. The molecule has 0 saturated heterocycles. The predicted molar refractivity (Wildman–Crippen MR) is 104 cm³/mol. The van der Waals surface area contributed by atoms with Gasteiger partial charge in [0, 0.05) is 27.3 Å². The fraction of sp³-hybridized carbons (Fsp3) is 0.211. The van der Waals surface area contributed by atoms with Crippen molar-refractivity contribution in [1.29, 1.82) is 0 Å². The molecule has 3 aromatic heterocycles. The average Bonchev–Trinajstić information content (AvgIpc) is 3.33. The molecule has 1 atom stereocenters. The average molecular weight is 372 g/mol. The quantitative estimate of drug-likeness (QED) is 0.567. The van der Waals surface area contributed by atoms with Gasteiger partial charge in [-0.05, 0) is 64.9 Å². The number of fused-ring (bicyclic) bond motifs is 1. The molecule has 0 bridgehead atoms. The van der Waals surface area contributed by atoms with Crippen molar-refractivity contribution in [2.45, 2.75) is 19.4 Å². The third-order valence-corrected chi connectivity index (χ3v) is 7.25. The Morgan fingerprint density at radius 2 is 2.04 bits per heavy atom. The molecule has 0 unspecified atom stereocenters. The van der Waals surface area contributed by atoms with Crippen LogP contribution in [-0.2, 0) is 11.2 Å². The Morgan fingerprint density at radius 3 is 2.79 bits per heavy atom. The lowest BCUT2D eigenvalue weighted by Crippen LogP contribution is -2.38. The fourth-order valence-electron chi connectivity index (χ4n) is 3.11. The van der Waals surface area contributed by atoms with Crippen LogP contribution in [0.5, 0.6) is 0 Å². The standard InChI is InChI=1S/C19H17NOS3/c1-13-7-11-23-15(13)4-5-18(21)20-9-6-16-14(8-12-24-16)19(20)17-3-2-10-22-17/h2-5,7-8,10-12,19H,6,9H2,1H3/b5-4+/t19-/m0/s1. The lowest BCUT2D eigenvalue weighted by molar-refractivity contribution is -0.127. The normalized spacial score (nSPS) is 17.4. The van der Waals surface area contributed by atoms with Crippen molar-refractivity contribution in [3.05, 3.63) is 72.2 Å². The highest BCUT2D eigenvalue weighted by atomic mass is 32.1. The van der Waals surface area contributed by atoms with Gasteiger partial charge in [0.2, 0.25) is 5.91 Å². The Balaban J connectivity index is 1.65. The van der Waals surface area contributed by atoms with Gasteiger partial charge in [0.1, 0.15) is 0 Å². The van der Waals surface area contributed by atoms with Crippen LogP contribution in [-0.4, -0.2) is 17.4 Å². The Hall–Kier alpha value is -1.69. The van der Waals surface area contributed by atoms with E-state index in [1.165, 1.54) is 20.9 Å². The van der Waals surface area contributed by atoms with E-state index in [-0.39, 0.29) is 11.9 Å². The van der Waals surface area contributed by atoms with E-state index in [4.69, 9.17) is 0 Å². The highest BCUT2D eigenvalue weighted by Crippen LogP contribution is 2.39. The topological polar surface area (TPSA) is 20.3 Å². The molecule has 0 aliphatic carbocycles. The molecule has 0 N–H and O–H groups in total. The summed E-state index contributed by atoms with van der Waals surface area (Å²) in [5, 5.41) is 6.29. The van der Waals surface area contributed by atoms with Crippen molar-refractivity contribution < 1.29 is 4.79 Å². The first-order valence-electron chi connectivity index (χ1n) is 7.86. The van der Waals surface area contributed by atoms with Gasteiger partial charge in [0.25, 0.3) is 0 Å². The number of hydrogen-bond acceptors (Lipinski definition) is 4. The number of carbonyl (C=O) groups excluding carboxylic acids is 1. The van der Waals surface area contributed by atoms with Crippen molar-refractivity contribution >= 4 is 46.0 Å². The van der Waals surface area contributed by atoms with Crippen LogP contribution in [0.3, 0.4) is 0 Å². The lowest BCUT2D eigenvalue weighted by atomic mass is 9.98. The maximum Gasteiger partial charge on any atom is 0.247 e. The Bertz CT molecular complexity index is 872. The zero-order chi connectivity index (χ0) is 16.5. The first-order chi connectivity index (χ1) is 11.7. The first kappa shape index (κ1) is 15.8. The molecule has 5 heteroatoms. The number of carbonyl (C=O) groups is 1. The summed E-state index contributed by atoms with van der Waals surface area (Å²) in [6.07, 6.45) is 4.64. The molecule has 1 amide bonds. The molecule has 0 saturated carbocycles. The van der Waals surface area contributed by atoms with Gasteiger partial charge < -0.3 is 4.90 Å². The Kier molecular flexibility index (Phi) is 4.39. The second-order valence-corrected chi connectivity index (χ2v) is 8.73. The third-order valence-electron chi connectivity index (χ3n) is 4.34. The van der Waals surface area contributed by atoms with E-state index in [2.05, 4.69) is 47.3 Å². The summed E-state index contributed by atoms with van der Waals surface area (Å²) in [5.74, 6) is 0.0954. The van der Waals surface area contributed by atoms with Crippen LogP contribution in [0.4, 0.5) is 0 Å². The number of rotatable bonds is 3. The predicted octanol–water partition coefficient (Wildman–Crippen LogP) is 5.37. The van der Waals surface area contributed by atoms with Gasteiger partial charge in [-0.25, -0.2) is 0 Å². The molecule has 1 aliphatic rings. The van der Waals surface area contributed by atoms with Crippen LogP contribution in [0.1, 0.15) is 31.8 Å². The number of amides is 1. The van der Waals surface area contributed by atoms with Gasteiger partial charge in [-0.3, -0.25) is 4.79 Å². The number of thiophene rings is 3. The van der Waals surface area contributed by atoms with E-state index in [0.717, 1.165) is 17.8 Å². The molecule has 2 nitrogen and oxygen atoms in total. The molecule has 0 radical (unpaired) electrons. The van der Waals surface area contributed by atoms with Crippen LogP contribution in [0, 0.1) is 6.92 Å². The van der Waals surface area contributed by atoms with Gasteiger partial charge in [-0.1, -0.05) is 6.07 Å². The minimum absolute atomic E-state index is 0.0570. The smallest absolute Gasteiger partial charge is 0.247 e. The summed E-state index contributed by atoms with van der Waals surface area (Å²) >= 11 is 5.20. The molecule has 4 heterocycles. The van der Waals surface area contributed by atoms with Gasteiger partial charge in [0.05, 0.1) is 6.04 Å². The van der Waals surface area contributed by atoms with Gasteiger partial charge >= 0.3 is 0 Å². The molecule has 0 aromatic carbocycles. The molecule has 0 spiro atoms. The van der Waals surface area contributed by atoms with Crippen LogP contribution in [0.25, 0.3) is 6.08 Å². The highest BCUT2D eigenvalue weighted by Gasteiger charge is 2.32. The summed E-state index contributed by atoms with van der Waals surface area (Å²) in [4.78, 5) is 18.7. The summed E-state index contributed by atoms with van der Waals surface area (Å²) in [6, 6.07) is 8.52. The molecular formula is C19H17NOS3. The van der Waals surface area contributed by atoms with E-state index in [0.29, 0.717) is 0 Å². The van der Waals surface area contributed by atoms with Crippen LogP contribution < -0.4 is 0 Å². The molecule has 0 fully saturated rings. The summed E-state index contributed by atoms with van der Waals surface area (Å²) < 4.78 is 0. The van der Waals surface area contributed by atoms with E-state index < -0.39 is 0 Å². The second kappa shape index (κ2) is 6.67. The zero-order valence-corrected chi connectivity index (χ0v) is 15.7. The van der Waals surface area contributed by atoms with Crippen molar-refractivity contribution in [3.63, 3.8) is 0 Å². The fourth-order valence-corrected chi connectivity index (χ4v) is 5.68. The van der Waals surface area contributed by atoms with Crippen LogP contribution in [0.15, 0.2) is 46.5 Å². The monoisotopic (exact) mass is 371 g/mol. The molecule has 4 rings (SSSR count). The van der Waals surface area contributed by atoms with Crippen molar-refractivity contribution in [2.75, 3.05) is 6.54 Å². The van der Waals surface area contributed by atoms with Gasteiger partial charge in [-0.2, -0.15) is 0 Å². The van der Waals surface area contributed by atoms with E-state index in [1.54, 1.807) is 40.1 Å².